The first-order chi connectivity index (χ1) is 9.13. The van der Waals surface area contributed by atoms with E-state index < -0.39 is 0 Å². The number of rotatable bonds is 2. The number of phenolic OH excluding ortho intramolecular Hbond substituents is 1. The number of aromatic nitrogens is 2. The van der Waals surface area contributed by atoms with Crippen molar-refractivity contribution in [2.24, 2.45) is 0 Å². The lowest BCUT2D eigenvalue weighted by molar-refractivity contribution is 0.426. The summed E-state index contributed by atoms with van der Waals surface area (Å²) in [6.07, 6.45) is 0. The van der Waals surface area contributed by atoms with Gasteiger partial charge < -0.3 is 9.63 Å². The Hall–Kier alpha value is -1.18. The van der Waals surface area contributed by atoms with E-state index in [0.717, 1.165) is 13.1 Å². The fourth-order valence-corrected chi connectivity index (χ4v) is 3.22. The molecule has 0 aliphatic rings. The monoisotopic (exact) mass is 400 g/mol. The van der Waals surface area contributed by atoms with Crippen molar-refractivity contribution in [1.29, 1.82) is 0 Å². The largest absolute Gasteiger partial charge is 0.507 e. The van der Waals surface area contributed by atoms with Crippen molar-refractivity contribution in [3.8, 4) is 27.9 Å². The molecule has 4 nitrogen and oxygen atoms in total. The van der Waals surface area contributed by atoms with Crippen molar-refractivity contribution in [3.63, 3.8) is 0 Å². The van der Waals surface area contributed by atoms with Crippen LogP contribution in [0.15, 0.2) is 43.1 Å². The molecule has 0 radical (unpaired) electrons. The van der Waals surface area contributed by atoms with Gasteiger partial charge >= 0.3 is 0 Å². The smallest absolute Gasteiger partial charge is 0.262 e. The Labute approximate surface area is 129 Å². The highest BCUT2D eigenvalue weighted by atomic mass is 79.9. The van der Waals surface area contributed by atoms with Gasteiger partial charge in [-0.3, -0.25) is 0 Å². The minimum Gasteiger partial charge on any atom is -0.507 e. The molecule has 0 saturated heterocycles. The molecule has 0 bridgehead atoms. The first-order valence-corrected chi connectivity index (χ1v) is 7.62. The Kier molecular flexibility index (Phi) is 3.42. The van der Waals surface area contributed by atoms with Crippen LogP contribution in [0.25, 0.3) is 22.2 Å². The van der Waals surface area contributed by atoms with E-state index in [0.29, 0.717) is 17.3 Å². The summed E-state index contributed by atoms with van der Waals surface area (Å²) in [4.78, 5) is 5.20. The van der Waals surface area contributed by atoms with Crippen LogP contribution < -0.4 is 0 Å². The van der Waals surface area contributed by atoms with Crippen LogP contribution in [0.3, 0.4) is 0 Å². The number of benzene rings is 1. The maximum Gasteiger partial charge on any atom is 0.262 e. The van der Waals surface area contributed by atoms with Gasteiger partial charge in [0.1, 0.15) is 5.75 Å². The third-order valence-corrected chi connectivity index (χ3v) is 4.52. The topological polar surface area (TPSA) is 59.2 Å². The molecule has 0 aliphatic carbocycles. The van der Waals surface area contributed by atoms with Crippen molar-refractivity contribution in [1.82, 2.24) is 10.1 Å². The van der Waals surface area contributed by atoms with Crippen LogP contribution in [0.4, 0.5) is 0 Å². The summed E-state index contributed by atoms with van der Waals surface area (Å²) in [7, 11) is 0. The van der Waals surface area contributed by atoms with Gasteiger partial charge in [0.15, 0.2) is 0 Å². The summed E-state index contributed by atoms with van der Waals surface area (Å²) >= 11 is 8.25. The van der Waals surface area contributed by atoms with Crippen molar-refractivity contribution in [3.05, 3.63) is 38.6 Å². The highest BCUT2D eigenvalue weighted by Crippen LogP contribution is 2.34. The molecular weight excluding hydrogens is 396 g/mol. The Morgan fingerprint density at radius 3 is 2.74 bits per heavy atom. The molecule has 0 saturated carbocycles. The van der Waals surface area contributed by atoms with Gasteiger partial charge in [-0.2, -0.15) is 4.98 Å². The zero-order valence-corrected chi connectivity index (χ0v) is 13.3. The molecule has 1 aromatic carbocycles. The van der Waals surface area contributed by atoms with Gasteiger partial charge in [0.2, 0.25) is 5.82 Å². The van der Waals surface area contributed by atoms with Gasteiger partial charge in [0.25, 0.3) is 5.89 Å². The van der Waals surface area contributed by atoms with Gasteiger partial charge in [0.05, 0.1) is 14.2 Å². The fourth-order valence-electron chi connectivity index (χ4n) is 1.55. The second kappa shape index (κ2) is 5.07. The molecule has 0 fully saturated rings. The zero-order valence-electron chi connectivity index (χ0n) is 9.30. The first-order valence-electron chi connectivity index (χ1n) is 5.22. The third-order valence-electron chi connectivity index (χ3n) is 2.41. The lowest BCUT2D eigenvalue weighted by Gasteiger charge is -1.98. The number of phenols is 1. The number of halogens is 2. The van der Waals surface area contributed by atoms with E-state index in [1.165, 1.54) is 11.3 Å². The van der Waals surface area contributed by atoms with Gasteiger partial charge in [-0.25, -0.2) is 0 Å². The van der Waals surface area contributed by atoms with E-state index >= 15 is 0 Å². The Balaban J connectivity index is 2.03. The summed E-state index contributed by atoms with van der Waals surface area (Å²) in [5.41, 5.74) is 0.503. The summed E-state index contributed by atoms with van der Waals surface area (Å²) in [5, 5.41) is 13.7. The van der Waals surface area contributed by atoms with Crippen LogP contribution in [0.2, 0.25) is 0 Å². The van der Waals surface area contributed by atoms with E-state index in [4.69, 9.17) is 4.52 Å². The molecule has 0 unspecified atom stereocenters. The molecule has 3 rings (SSSR count). The highest BCUT2D eigenvalue weighted by molar-refractivity contribution is 9.11. The first kappa shape index (κ1) is 12.8. The van der Waals surface area contributed by atoms with E-state index in [2.05, 4.69) is 42.0 Å². The van der Waals surface area contributed by atoms with Gasteiger partial charge in [0, 0.05) is 4.47 Å². The summed E-state index contributed by atoms with van der Waals surface area (Å²) < 4.78 is 7.03. The van der Waals surface area contributed by atoms with Gasteiger partial charge in [-0.15, -0.1) is 11.3 Å². The average molecular weight is 402 g/mol. The van der Waals surface area contributed by atoms with Gasteiger partial charge in [-0.05, 0) is 46.3 Å². The number of thiophene rings is 1. The van der Waals surface area contributed by atoms with E-state index in [9.17, 15) is 5.11 Å². The van der Waals surface area contributed by atoms with Crippen LogP contribution >= 0.6 is 43.2 Å². The highest BCUT2D eigenvalue weighted by Gasteiger charge is 2.15. The zero-order chi connectivity index (χ0) is 13.4. The molecule has 7 heteroatoms. The van der Waals surface area contributed by atoms with Gasteiger partial charge in [-0.1, -0.05) is 21.1 Å². The summed E-state index contributed by atoms with van der Waals surface area (Å²) in [6, 6.07) is 8.88. The lowest BCUT2D eigenvalue weighted by Crippen LogP contribution is -1.80. The van der Waals surface area contributed by atoms with Crippen LogP contribution in [-0.4, -0.2) is 15.2 Å². The predicted molar refractivity (Wildman–Crippen MR) is 80.1 cm³/mol. The number of nitrogens with zero attached hydrogens (tertiary/aromatic N) is 2. The lowest BCUT2D eigenvalue weighted by atomic mass is 10.2. The van der Waals surface area contributed by atoms with Crippen LogP contribution in [-0.2, 0) is 0 Å². The maximum atomic E-state index is 9.82. The van der Waals surface area contributed by atoms with Crippen LogP contribution in [0.1, 0.15) is 0 Å². The number of aromatic hydroxyl groups is 1. The molecule has 19 heavy (non-hydrogen) atoms. The SMILES string of the molecule is Oc1ccc(Br)cc1-c1nc(-c2ccc(Br)s2)no1. The molecule has 0 atom stereocenters. The number of hydrogen-bond donors (Lipinski definition) is 1. The molecule has 2 heterocycles. The Morgan fingerprint density at radius 2 is 2.00 bits per heavy atom. The third kappa shape index (κ3) is 2.58. The average Bonchev–Trinajstić information content (AvgIpc) is 3.00. The number of hydrogen-bond acceptors (Lipinski definition) is 5. The van der Waals surface area contributed by atoms with Crippen molar-refractivity contribution in [2.45, 2.75) is 0 Å². The fraction of sp³-hybridized carbons (Fsp3) is 0. The minimum absolute atomic E-state index is 0.103. The van der Waals surface area contributed by atoms with Crippen LogP contribution in [0.5, 0.6) is 5.75 Å². The molecule has 0 aliphatic heterocycles. The quantitative estimate of drug-likeness (QED) is 0.676. The van der Waals surface area contributed by atoms with E-state index in [-0.39, 0.29) is 5.75 Å². The normalized spacial score (nSPS) is 10.8. The standard InChI is InChI=1S/C12H6Br2N2O2S/c13-6-1-2-8(17)7(5-6)12-15-11(16-18-12)9-3-4-10(14)19-9/h1-5,17H. The van der Waals surface area contributed by atoms with Crippen LogP contribution in [0, 0.1) is 0 Å². The van der Waals surface area contributed by atoms with Crippen molar-refractivity contribution >= 4 is 43.2 Å². The van der Waals surface area contributed by atoms with Crippen molar-refractivity contribution < 1.29 is 9.63 Å². The Morgan fingerprint density at radius 1 is 1.16 bits per heavy atom. The maximum absolute atomic E-state index is 9.82. The second-order valence-corrected chi connectivity index (χ2v) is 7.07. The molecule has 3 aromatic rings. The molecule has 0 spiro atoms. The predicted octanol–water partition coefficient (Wildman–Crippen LogP) is 4.70. The Bertz CT molecular complexity index is 739. The summed E-state index contributed by atoms with van der Waals surface area (Å²) in [6.45, 7) is 0. The summed E-state index contributed by atoms with van der Waals surface area (Å²) in [5.74, 6) is 0.897. The molecular formula is C12H6Br2N2O2S. The molecule has 0 amide bonds. The van der Waals surface area contributed by atoms with E-state index in [1.54, 1.807) is 18.2 Å². The molecule has 1 N–H and O–H groups in total. The second-order valence-electron chi connectivity index (χ2n) is 3.69. The van der Waals surface area contributed by atoms with Crippen molar-refractivity contribution in [2.75, 3.05) is 0 Å². The molecule has 96 valence electrons. The van der Waals surface area contributed by atoms with E-state index in [1.807, 2.05) is 12.1 Å². The molecule has 2 aromatic heterocycles. The minimum atomic E-state index is 0.103.